The third-order valence-electron chi connectivity index (χ3n) is 4.45. The molecule has 0 saturated heterocycles. The Labute approximate surface area is 169 Å². The van der Waals surface area contributed by atoms with E-state index < -0.39 is 11.6 Å². The molecule has 2 heterocycles. The number of esters is 1. The van der Waals surface area contributed by atoms with Gasteiger partial charge in [-0.1, -0.05) is 11.6 Å². The molecule has 2 aromatic carbocycles. The lowest BCUT2D eigenvalue weighted by molar-refractivity contribution is -0.138. The van der Waals surface area contributed by atoms with Crippen LogP contribution in [0.25, 0.3) is 17.0 Å². The average molecular weight is 415 g/mol. The van der Waals surface area contributed by atoms with Crippen molar-refractivity contribution < 1.29 is 28.5 Å². The van der Waals surface area contributed by atoms with Crippen LogP contribution in [-0.2, 0) is 16.1 Å². The number of halogens is 1. The van der Waals surface area contributed by atoms with Gasteiger partial charge in [0.15, 0.2) is 11.5 Å². The second kappa shape index (κ2) is 7.52. The molecule has 0 fully saturated rings. The van der Waals surface area contributed by atoms with Crippen molar-refractivity contribution in [3.05, 3.63) is 68.5 Å². The first kappa shape index (κ1) is 18.9. The highest BCUT2D eigenvalue weighted by atomic mass is 35.5. The quantitative estimate of drug-likeness (QED) is 0.392. The van der Waals surface area contributed by atoms with Crippen molar-refractivity contribution in [1.29, 1.82) is 0 Å². The van der Waals surface area contributed by atoms with Crippen LogP contribution in [0.4, 0.5) is 0 Å². The van der Waals surface area contributed by atoms with Gasteiger partial charge in [0.05, 0.1) is 5.02 Å². The van der Waals surface area contributed by atoms with Crippen LogP contribution in [0.5, 0.6) is 17.2 Å². The molecule has 1 N–H and O–H groups in total. The van der Waals surface area contributed by atoms with Crippen LogP contribution in [0.15, 0.2) is 45.6 Å². The summed E-state index contributed by atoms with van der Waals surface area (Å²) in [6.07, 6.45) is 2.79. The van der Waals surface area contributed by atoms with Crippen molar-refractivity contribution >= 4 is 34.6 Å². The van der Waals surface area contributed by atoms with E-state index in [1.807, 2.05) is 0 Å². The Balaban J connectivity index is 1.51. The lowest BCUT2D eigenvalue weighted by atomic mass is 10.1. The van der Waals surface area contributed by atoms with Gasteiger partial charge in [-0.25, -0.2) is 9.59 Å². The molecule has 0 amide bonds. The van der Waals surface area contributed by atoms with Crippen LogP contribution in [0.2, 0.25) is 5.02 Å². The molecule has 1 aromatic heterocycles. The monoisotopic (exact) mass is 414 g/mol. The van der Waals surface area contributed by atoms with Gasteiger partial charge in [0.1, 0.15) is 17.9 Å². The van der Waals surface area contributed by atoms with E-state index in [0.717, 1.165) is 0 Å². The third-order valence-corrected chi connectivity index (χ3v) is 4.73. The number of benzene rings is 2. The number of rotatable bonds is 4. The fraction of sp³-hybridized carbons (Fsp3) is 0.143. The predicted molar refractivity (Wildman–Crippen MR) is 105 cm³/mol. The fourth-order valence-electron chi connectivity index (χ4n) is 2.98. The van der Waals surface area contributed by atoms with E-state index in [2.05, 4.69) is 0 Å². The van der Waals surface area contributed by atoms with Gasteiger partial charge >= 0.3 is 11.6 Å². The number of phenols is 1. The third kappa shape index (κ3) is 3.77. The molecule has 148 valence electrons. The lowest BCUT2D eigenvalue weighted by Crippen LogP contribution is -2.06. The lowest BCUT2D eigenvalue weighted by Gasteiger charge is -2.08. The first-order valence-electron chi connectivity index (χ1n) is 8.61. The first-order valence-corrected chi connectivity index (χ1v) is 8.99. The Morgan fingerprint density at radius 2 is 2.10 bits per heavy atom. The van der Waals surface area contributed by atoms with Gasteiger partial charge in [-0.15, -0.1) is 0 Å². The summed E-state index contributed by atoms with van der Waals surface area (Å²) in [4.78, 5) is 23.9. The highest BCUT2D eigenvalue weighted by molar-refractivity contribution is 6.32. The summed E-state index contributed by atoms with van der Waals surface area (Å²) >= 11 is 6.11. The molecule has 1 aliphatic heterocycles. The molecule has 0 aliphatic carbocycles. The zero-order valence-electron chi connectivity index (χ0n) is 15.2. The van der Waals surface area contributed by atoms with Gasteiger partial charge in [-0.05, 0) is 42.8 Å². The van der Waals surface area contributed by atoms with Crippen LogP contribution in [0, 0.1) is 6.92 Å². The minimum absolute atomic E-state index is 0.0140. The Morgan fingerprint density at radius 1 is 1.28 bits per heavy atom. The number of carbonyl (C=O) groups excluding carboxylic acids is 1. The van der Waals surface area contributed by atoms with Gasteiger partial charge in [0.2, 0.25) is 6.79 Å². The standard InChI is InChI=1S/C21H15ClO7/c1-11-16(23)4-3-14-13(8-19(25)29-20(11)14)9-26-18(24)5-2-12-6-15(22)21-17(7-12)27-10-28-21/h2-8,23H,9-10H2,1H3/b5-2+. The van der Waals surface area contributed by atoms with Crippen LogP contribution < -0.4 is 15.1 Å². The molecule has 0 atom stereocenters. The van der Waals surface area contributed by atoms with E-state index in [-0.39, 0.29) is 24.7 Å². The number of hydrogen-bond acceptors (Lipinski definition) is 7. The minimum Gasteiger partial charge on any atom is -0.508 e. The summed E-state index contributed by atoms with van der Waals surface area (Å²) in [5.74, 6) is 0.393. The van der Waals surface area contributed by atoms with Crippen molar-refractivity contribution in [2.75, 3.05) is 6.79 Å². The maximum atomic E-state index is 12.1. The number of hydrogen-bond donors (Lipinski definition) is 1. The Bertz CT molecular complexity index is 1210. The zero-order valence-corrected chi connectivity index (χ0v) is 16.0. The van der Waals surface area contributed by atoms with E-state index in [1.54, 1.807) is 25.1 Å². The van der Waals surface area contributed by atoms with Crippen molar-refractivity contribution in [1.82, 2.24) is 0 Å². The van der Waals surface area contributed by atoms with E-state index in [4.69, 9.17) is 30.2 Å². The summed E-state index contributed by atoms with van der Waals surface area (Å²) in [5.41, 5.74) is 1.23. The van der Waals surface area contributed by atoms with Crippen LogP contribution in [0.1, 0.15) is 16.7 Å². The number of aromatic hydroxyl groups is 1. The van der Waals surface area contributed by atoms with Crippen molar-refractivity contribution in [2.45, 2.75) is 13.5 Å². The number of aryl methyl sites for hydroxylation is 1. The topological polar surface area (TPSA) is 95.2 Å². The van der Waals surface area contributed by atoms with E-state index in [1.165, 1.54) is 24.3 Å². The van der Waals surface area contributed by atoms with Gasteiger partial charge in [-0.2, -0.15) is 0 Å². The molecule has 0 spiro atoms. The highest BCUT2D eigenvalue weighted by Gasteiger charge is 2.17. The molecule has 0 bridgehead atoms. The maximum absolute atomic E-state index is 12.1. The normalized spacial score (nSPS) is 12.6. The largest absolute Gasteiger partial charge is 0.508 e. The second-order valence-corrected chi connectivity index (χ2v) is 6.76. The SMILES string of the molecule is Cc1c(O)ccc2c(COC(=O)/C=C/c3cc(Cl)c4c(c3)OCO4)cc(=O)oc12. The van der Waals surface area contributed by atoms with Gasteiger partial charge in [0.25, 0.3) is 0 Å². The molecular weight excluding hydrogens is 400 g/mol. The minimum atomic E-state index is -0.601. The summed E-state index contributed by atoms with van der Waals surface area (Å²) < 4.78 is 20.9. The summed E-state index contributed by atoms with van der Waals surface area (Å²) in [6, 6.07) is 7.70. The van der Waals surface area contributed by atoms with Crippen LogP contribution >= 0.6 is 11.6 Å². The highest BCUT2D eigenvalue weighted by Crippen LogP contribution is 2.40. The van der Waals surface area contributed by atoms with Crippen LogP contribution in [0.3, 0.4) is 0 Å². The van der Waals surface area contributed by atoms with Crippen molar-refractivity contribution in [3.63, 3.8) is 0 Å². The molecule has 0 saturated carbocycles. The Hall–Kier alpha value is -3.45. The van der Waals surface area contributed by atoms with Gasteiger partial charge < -0.3 is 23.7 Å². The number of carbonyl (C=O) groups is 1. The Morgan fingerprint density at radius 3 is 2.93 bits per heavy atom. The van der Waals surface area contributed by atoms with E-state index in [0.29, 0.717) is 38.6 Å². The first-order chi connectivity index (χ1) is 13.9. The number of ether oxygens (including phenoxy) is 3. The molecule has 7 nitrogen and oxygen atoms in total. The smallest absolute Gasteiger partial charge is 0.336 e. The molecule has 3 aromatic rings. The van der Waals surface area contributed by atoms with E-state index >= 15 is 0 Å². The predicted octanol–water partition coefficient (Wildman–Crippen LogP) is 3.95. The fourth-order valence-corrected chi connectivity index (χ4v) is 3.25. The summed E-state index contributed by atoms with van der Waals surface area (Å²) in [6.45, 7) is 1.60. The second-order valence-electron chi connectivity index (χ2n) is 6.35. The summed E-state index contributed by atoms with van der Waals surface area (Å²) in [7, 11) is 0. The van der Waals surface area contributed by atoms with Crippen molar-refractivity contribution in [3.8, 4) is 17.2 Å². The van der Waals surface area contributed by atoms with Gasteiger partial charge in [-0.3, -0.25) is 0 Å². The molecule has 8 heteroatoms. The zero-order chi connectivity index (χ0) is 20.5. The number of phenolic OH excluding ortho intramolecular Hbond substituents is 1. The number of fused-ring (bicyclic) bond motifs is 2. The van der Waals surface area contributed by atoms with E-state index in [9.17, 15) is 14.7 Å². The molecule has 0 unspecified atom stereocenters. The molecule has 29 heavy (non-hydrogen) atoms. The maximum Gasteiger partial charge on any atom is 0.336 e. The van der Waals surface area contributed by atoms with Crippen LogP contribution in [-0.4, -0.2) is 17.9 Å². The summed E-state index contributed by atoms with van der Waals surface area (Å²) in [5, 5.41) is 10.8. The van der Waals surface area contributed by atoms with Gasteiger partial charge in [0, 0.05) is 28.7 Å². The molecular formula is C21H15ClO7. The molecule has 0 radical (unpaired) electrons. The van der Waals surface area contributed by atoms with Crippen molar-refractivity contribution in [2.24, 2.45) is 0 Å². The molecule has 4 rings (SSSR count). The molecule has 1 aliphatic rings. The average Bonchev–Trinajstić information content (AvgIpc) is 3.17. The Kier molecular flexibility index (Phi) is 4.90.